The highest BCUT2D eigenvalue weighted by atomic mass is 35.5. The number of methoxy groups -OCH3 is 1. The molecule has 0 radical (unpaired) electrons. The van der Waals surface area contributed by atoms with Gasteiger partial charge in [-0.25, -0.2) is 21.9 Å². The number of ether oxygens (including phenoxy) is 1. The summed E-state index contributed by atoms with van der Waals surface area (Å²) in [6.07, 6.45) is 0.601. The van der Waals surface area contributed by atoms with Crippen molar-refractivity contribution in [1.82, 2.24) is 10.0 Å². The van der Waals surface area contributed by atoms with Gasteiger partial charge < -0.3 is 10.1 Å². The zero-order valence-corrected chi connectivity index (χ0v) is 16.2. The van der Waals surface area contributed by atoms with Gasteiger partial charge in [0.2, 0.25) is 10.0 Å². The fourth-order valence-corrected chi connectivity index (χ4v) is 4.68. The number of rotatable bonds is 5. The molecular formula is C18H21ClF2N2O3S. The Labute approximate surface area is 163 Å². The number of benzene rings is 2. The van der Waals surface area contributed by atoms with Gasteiger partial charge in [-0.3, -0.25) is 0 Å². The molecule has 2 aromatic rings. The van der Waals surface area contributed by atoms with E-state index in [0.717, 1.165) is 12.1 Å². The van der Waals surface area contributed by atoms with Gasteiger partial charge in [-0.1, -0.05) is 18.2 Å². The molecule has 3 rings (SSSR count). The van der Waals surface area contributed by atoms with Gasteiger partial charge in [-0.2, -0.15) is 0 Å². The highest BCUT2D eigenvalue weighted by molar-refractivity contribution is 7.89. The van der Waals surface area contributed by atoms with E-state index in [0.29, 0.717) is 25.1 Å². The van der Waals surface area contributed by atoms with E-state index < -0.39 is 27.7 Å². The third-order valence-electron chi connectivity index (χ3n) is 4.52. The first-order valence-corrected chi connectivity index (χ1v) is 9.71. The molecule has 2 unspecified atom stereocenters. The van der Waals surface area contributed by atoms with Crippen molar-refractivity contribution in [3.05, 3.63) is 59.7 Å². The Kier molecular flexibility index (Phi) is 7.16. The van der Waals surface area contributed by atoms with Crippen molar-refractivity contribution in [1.29, 1.82) is 0 Å². The first-order chi connectivity index (χ1) is 12.4. The quantitative estimate of drug-likeness (QED) is 0.783. The second-order valence-corrected chi connectivity index (χ2v) is 7.83. The zero-order valence-electron chi connectivity index (χ0n) is 14.6. The van der Waals surface area contributed by atoms with Crippen LogP contribution >= 0.6 is 12.4 Å². The number of sulfonamides is 1. The summed E-state index contributed by atoms with van der Waals surface area (Å²) in [5.41, 5.74) is 0.568. The molecule has 0 spiro atoms. The van der Waals surface area contributed by atoms with Crippen LogP contribution in [0.5, 0.6) is 5.75 Å². The minimum atomic E-state index is -3.84. The van der Waals surface area contributed by atoms with Crippen LogP contribution in [0.4, 0.5) is 8.78 Å². The second kappa shape index (κ2) is 8.97. The second-order valence-electron chi connectivity index (χ2n) is 6.15. The third kappa shape index (κ3) is 4.76. The highest BCUT2D eigenvalue weighted by Gasteiger charge is 2.32. The zero-order chi connectivity index (χ0) is 18.7. The van der Waals surface area contributed by atoms with Crippen LogP contribution < -0.4 is 14.8 Å². The van der Waals surface area contributed by atoms with Gasteiger partial charge in [-0.15, -0.1) is 12.4 Å². The molecule has 2 atom stereocenters. The Morgan fingerprint density at radius 3 is 2.59 bits per heavy atom. The molecule has 1 aliphatic heterocycles. The van der Waals surface area contributed by atoms with E-state index in [9.17, 15) is 17.2 Å². The lowest BCUT2D eigenvalue weighted by Gasteiger charge is -2.33. The van der Waals surface area contributed by atoms with Gasteiger partial charge in [0.05, 0.1) is 7.11 Å². The molecule has 148 valence electrons. The van der Waals surface area contributed by atoms with E-state index in [4.69, 9.17) is 4.74 Å². The van der Waals surface area contributed by atoms with E-state index in [1.54, 1.807) is 18.2 Å². The van der Waals surface area contributed by atoms with Crippen LogP contribution in [0.15, 0.2) is 47.4 Å². The molecule has 0 amide bonds. The van der Waals surface area contributed by atoms with Gasteiger partial charge in [0.15, 0.2) is 11.6 Å². The first kappa shape index (κ1) is 21.6. The Morgan fingerprint density at radius 1 is 1.15 bits per heavy atom. The van der Waals surface area contributed by atoms with Crippen molar-refractivity contribution >= 4 is 22.4 Å². The van der Waals surface area contributed by atoms with Crippen molar-refractivity contribution in [2.75, 3.05) is 20.2 Å². The number of nitrogens with one attached hydrogen (secondary N) is 2. The summed E-state index contributed by atoms with van der Waals surface area (Å²) < 4.78 is 60.3. The smallest absolute Gasteiger partial charge is 0.244 e. The van der Waals surface area contributed by atoms with E-state index in [2.05, 4.69) is 10.0 Å². The predicted octanol–water partition coefficient (Wildman–Crippen LogP) is 2.82. The maximum atomic E-state index is 13.6. The molecule has 2 N–H and O–H groups in total. The van der Waals surface area contributed by atoms with Gasteiger partial charge >= 0.3 is 0 Å². The molecule has 1 aliphatic rings. The molecule has 1 heterocycles. The van der Waals surface area contributed by atoms with Crippen LogP contribution in [0.25, 0.3) is 0 Å². The maximum absolute atomic E-state index is 13.6. The molecule has 0 bridgehead atoms. The van der Waals surface area contributed by atoms with Crippen molar-refractivity contribution in [2.24, 2.45) is 0 Å². The molecule has 1 saturated heterocycles. The summed E-state index contributed by atoms with van der Waals surface area (Å²) in [6.45, 7) is 1.05. The average molecular weight is 419 g/mol. The van der Waals surface area contributed by atoms with Crippen LogP contribution in [0.3, 0.4) is 0 Å². The normalized spacial score (nSPS) is 20.0. The van der Waals surface area contributed by atoms with Crippen LogP contribution in [0.1, 0.15) is 17.9 Å². The minimum Gasteiger partial charge on any atom is -0.495 e. The number of halogens is 3. The molecule has 0 saturated carbocycles. The SMILES string of the molecule is COc1ccccc1S(=O)(=O)NC1CNCCC1c1ccc(F)c(F)c1.Cl. The Bertz CT molecular complexity index is 896. The van der Waals surface area contributed by atoms with Gasteiger partial charge in [0.1, 0.15) is 10.6 Å². The summed E-state index contributed by atoms with van der Waals surface area (Å²) in [4.78, 5) is 0.0390. The van der Waals surface area contributed by atoms with Gasteiger partial charge in [0, 0.05) is 18.5 Å². The number of para-hydroxylation sites is 1. The van der Waals surface area contributed by atoms with Gasteiger partial charge in [-0.05, 0) is 42.8 Å². The summed E-state index contributed by atoms with van der Waals surface area (Å²) in [5.74, 6) is -1.88. The lowest BCUT2D eigenvalue weighted by Crippen LogP contribution is -2.49. The summed E-state index contributed by atoms with van der Waals surface area (Å²) in [5, 5.41) is 3.14. The Balaban J connectivity index is 0.00000261. The summed E-state index contributed by atoms with van der Waals surface area (Å²) in [7, 11) is -2.44. The topological polar surface area (TPSA) is 67.4 Å². The maximum Gasteiger partial charge on any atom is 0.244 e. The number of piperidine rings is 1. The molecule has 2 aromatic carbocycles. The van der Waals surface area contributed by atoms with Crippen LogP contribution in [-0.2, 0) is 10.0 Å². The molecule has 27 heavy (non-hydrogen) atoms. The molecule has 1 fully saturated rings. The molecular weight excluding hydrogens is 398 g/mol. The van der Waals surface area contributed by atoms with Crippen molar-refractivity contribution < 1.29 is 21.9 Å². The molecule has 9 heteroatoms. The van der Waals surface area contributed by atoms with Crippen molar-refractivity contribution in [3.63, 3.8) is 0 Å². The number of hydrogen-bond acceptors (Lipinski definition) is 4. The Hall–Kier alpha value is -1.74. The largest absolute Gasteiger partial charge is 0.495 e. The van der Waals surface area contributed by atoms with Crippen LogP contribution in [0, 0.1) is 11.6 Å². The highest BCUT2D eigenvalue weighted by Crippen LogP contribution is 2.29. The third-order valence-corrected chi connectivity index (χ3v) is 6.05. The minimum absolute atomic E-state index is 0. The van der Waals surface area contributed by atoms with E-state index in [1.165, 1.54) is 19.2 Å². The summed E-state index contributed by atoms with van der Waals surface area (Å²) >= 11 is 0. The average Bonchev–Trinajstić information content (AvgIpc) is 2.64. The molecule has 0 aliphatic carbocycles. The molecule has 5 nitrogen and oxygen atoms in total. The lowest BCUT2D eigenvalue weighted by molar-refractivity contribution is 0.374. The van der Waals surface area contributed by atoms with E-state index in [1.807, 2.05) is 0 Å². The summed E-state index contributed by atoms with van der Waals surface area (Å²) in [6, 6.07) is 9.54. The molecule has 0 aromatic heterocycles. The van der Waals surface area contributed by atoms with Crippen LogP contribution in [-0.4, -0.2) is 34.7 Å². The van der Waals surface area contributed by atoms with Crippen molar-refractivity contribution in [3.8, 4) is 5.75 Å². The lowest BCUT2D eigenvalue weighted by atomic mass is 9.86. The Morgan fingerprint density at radius 2 is 1.89 bits per heavy atom. The van der Waals surface area contributed by atoms with Crippen LogP contribution in [0.2, 0.25) is 0 Å². The fraction of sp³-hybridized carbons (Fsp3) is 0.333. The van der Waals surface area contributed by atoms with Crippen molar-refractivity contribution in [2.45, 2.75) is 23.3 Å². The monoisotopic (exact) mass is 418 g/mol. The number of hydrogen-bond donors (Lipinski definition) is 2. The standard InChI is InChI=1S/C18H20F2N2O3S.ClH/c1-25-17-4-2-3-5-18(17)26(23,24)22-16-11-21-9-8-13(16)12-6-7-14(19)15(20)10-12;/h2-7,10,13,16,21-22H,8-9,11H2,1H3;1H. The van der Waals surface area contributed by atoms with Gasteiger partial charge in [0.25, 0.3) is 0 Å². The fourth-order valence-electron chi connectivity index (χ4n) is 3.23. The predicted molar refractivity (Wildman–Crippen MR) is 101 cm³/mol. The van der Waals surface area contributed by atoms with E-state index in [-0.39, 0.29) is 29.0 Å². The van der Waals surface area contributed by atoms with E-state index >= 15 is 0 Å². The first-order valence-electron chi connectivity index (χ1n) is 8.23.